The Balaban J connectivity index is 1.92. The molecule has 3 aliphatic heterocycles. The van der Waals surface area contributed by atoms with E-state index < -0.39 is 51.2 Å². The number of carbonyl (C=O) groups excluding carboxylic acids is 3. The number of benzene rings is 1. The summed E-state index contributed by atoms with van der Waals surface area (Å²) in [6.45, 7) is 5.09. The number of nitrogens with zero attached hydrogens (tertiary/aromatic N) is 2. The number of rotatable bonds is 2. The van der Waals surface area contributed by atoms with Crippen LogP contribution in [0.2, 0.25) is 0 Å². The lowest BCUT2D eigenvalue weighted by molar-refractivity contribution is -0.165. The number of carbonyl (C=O) groups is 3. The van der Waals surface area contributed by atoms with Crippen molar-refractivity contribution in [2.45, 2.75) is 37.3 Å². The van der Waals surface area contributed by atoms with Gasteiger partial charge in [0.15, 0.2) is 5.60 Å². The maximum atomic E-state index is 13.5. The first-order chi connectivity index (χ1) is 12.9. The zero-order valence-electron chi connectivity index (χ0n) is 15.8. The number of hydrogen-bond donors (Lipinski definition) is 1. The molecule has 1 aromatic rings. The normalized spacial score (nSPS) is 31.8. The molecule has 4 aliphatic rings. The van der Waals surface area contributed by atoms with Gasteiger partial charge in [-0.05, 0) is 38.0 Å². The second-order valence-corrected chi connectivity index (χ2v) is 9.50. The van der Waals surface area contributed by atoms with E-state index in [2.05, 4.69) is 0 Å². The van der Waals surface area contributed by atoms with Crippen LogP contribution in [0, 0.1) is 32.6 Å². The van der Waals surface area contributed by atoms with Gasteiger partial charge in [-0.15, -0.1) is 0 Å². The van der Waals surface area contributed by atoms with E-state index in [0.717, 1.165) is 16.5 Å². The van der Waals surface area contributed by atoms with Crippen molar-refractivity contribution in [3.05, 3.63) is 41.0 Å². The van der Waals surface area contributed by atoms with E-state index in [0.29, 0.717) is 15.4 Å². The standard InChI is InChI=1S/C19H20N2O6S/c1-9-7-10(2)15(11(3)8-9)28(26,27)21-12-5-6-19(25,18(21)24)14-13(12)16(22)20(4)17(14)23/h5-8,12-14,25H,1-4H3/t12-,13+,14-,19-/m1/s1. The van der Waals surface area contributed by atoms with Gasteiger partial charge in [-0.25, -0.2) is 12.7 Å². The monoisotopic (exact) mass is 404 g/mol. The molecule has 1 aromatic carbocycles. The highest BCUT2D eigenvalue weighted by atomic mass is 32.2. The molecule has 2 bridgehead atoms. The summed E-state index contributed by atoms with van der Waals surface area (Å²) in [6, 6.07) is 2.23. The highest BCUT2D eigenvalue weighted by molar-refractivity contribution is 7.89. The summed E-state index contributed by atoms with van der Waals surface area (Å²) in [5.41, 5.74) is -0.566. The van der Waals surface area contributed by atoms with Crippen molar-refractivity contribution >= 4 is 27.7 Å². The topological polar surface area (TPSA) is 112 Å². The number of likely N-dealkylation sites (tertiary alicyclic amines) is 1. The minimum Gasteiger partial charge on any atom is -0.375 e. The van der Waals surface area contributed by atoms with Gasteiger partial charge in [-0.3, -0.25) is 19.3 Å². The number of piperidine rings is 1. The Morgan fingerprint density at radius 3 is 2.18 bits per heavy atom. The number of fused-ring (bicyclic) bond motifs is 1. The maximum Gasteiger partial charge on any atom is 0.273 e. The van der Waals surface area contributed by atoms with Gasteiger partial charge < -0.3 is 5.11 Å². The van der Waals surface area contributed by atoms with Crippen LogP contribution >= 0.6 is 0 Å². The lowest BCUT2D eigenvalue weighted by Gasteiger charge is -2.49. The van der Waals surface area contributed by atoms with Crippen LogP contribution < -0.4 is 0 Å². The predicted molar refractivity (Wildman–Crippen MR) is 97.3 cm³/mol. The smallest absolute Gasteiger partial charge is 0.273 e. The second kappa shape index (κ2) is 5.51. The van der Waals surface area contributed by atoms with Gasteiger partial charge in [0.05, 0.1) is 22.8 Å². The number of hydrogen-bond acceptors (Lipinski definition) is 6. The number of imide groups is 1. The van der Waals surface area contributed by atoms with Gasteiger partial charge in [0.25, 0.3) is 15.9 Å². The third kappa shape index (κ3) is 2.08. The van der Waals surface area contributed by atoms with Crippen molar-refractivity contribution in [1.29, 1.82) is 0 Å². The molecule has 8 nitrogen and oxygen atoms in total. The molecule has 9 heteroatoms. The Hall–Kier alpha value is -2.52. The molecule has 0 spiro atoms. The Morgan fingerprint density at radius 2 is 1.61 bits per heavy atom. The minimum absolute atomic E-state index is 0.0299. The third-order valence-electron chi connectivity index (χ3n) is 5.90. The third-order valence-corrected chi connectivity index (χ3v) is 7.98. The summed E-state index contributed by atoms with van der Waals surface area (Å²) < 4.78 is 27.6. The summed E-state index contributed by atoms with van der Waals surface area (Å²) in [7, 11) is -3.10. The Labute approximate surface area is 162 Å². The van der Waals surface area contributed by atoms with Crippen LogP contribution in [0.3, 0.4) is 0 Å². The van der Waals surface area contributed by atoms with E-state index in [-0.39, 0.29) is 4.90 Å². The lowest BCUT2D eigenvalue weighted by atomic mass is 9.68. The van der Waals surface area contributed by atoms with Crippen LogP contribution in [-0.2, 0) is 24.4 Å². The molecule has 2 saturated heterocycles. The molecule has 3 amide bonds. The summed E-state index contributed by atoms with van der Waals surface area (Å²) in [5, 5.41) is 11.0. The van der Waals surface area contributed by atoms with Crippen molar-refractivity contribution in [2.24, 2.45) is 11.8 Å². The van der Waals surface area contributed by atoms with Gasteiger partial charge in [0, 0.05) is 7.05 Å². The fourth-order valence-electron chi connectivity index (χ4n) is 4.79. The molecule has 0 unspecified atom stereocenters. The molecule has 148 valence electrons. The number of amides is 3. The molecule has 0 saturated carbocycles. The molecular weight excluding hydrogens is 384 g/mol. The van der Waals surface area contributed by atoms with E-state index in [1.165, 1.54) is 13.1 Å². The van der Waals surface area contributed by atoms with Crippen LogP contribution in [0.1, 0.15) is 16.7 Å². The van der Waals surface area contributed by atoms with Crippen molar-refractivity contribution in [1.82, 2.24) is 9.21 Å². The first-order valence-electron chi connectivity index (χ1n) is 8.82. The van der Waals surface area contributed by atoms with Crippen LogP contribution in [-0.4, -0.2) is 59.1 Å². The largest absolute Gasteiger partial charge is 0.375 e. The van der Waals surface area contributed by atoms with Crippen LogP contribution in [0.4, 0.5) is 0 Å². The molecule has 4 atom stereocenters. The van der Waals surface area contributed by atoms with Crippen molar-refractivity contribution in [3.63, 3.8) is 0 Å². The summed E-state index contributed by atoms with van der Waals surface area (Å²) in [6.07, 6.45) is 2.48. The summed E-state index contributed by atoms with van der Waals surface area (Å²) in [5.74, 6) is -4.82. The molecule has 3 heterocycles. The fraction of sp³-hybridized carbons (Fsp3) is 0.421. The Bertz CT molecular complexity index is 1070. The van der Waals surface area contributed by atoms with Crippen LogP contribution in [0.25, 0.3) is 0 Å². The fourth-order valence-corrected chi connectivity index (χ4v) is 6.81. The Morgan fingerprint density at radius 1 is 1.04 bits per heavy atom. The van der Waals surface area contributed by atoms with E-state index in [9.17, 15) is 27.9 Å². The molecule has 2 fully saturated rings. The van der Waals surface area contributed by atoms with Gasteiger partial charge in [-0.1, -0.05) is 23.8 Å². The number of aliphatic hydroxyl groups is 1. The highest BCUT2D eigenvalue weighted by Crippen LogP contribution is 2.49. The maximum absolute atomic E-state index is 13.5. The van der Waals surface area contributed by atoms with E-state index in [4.69, 9.17) is 0 Å². The molecule has 0 radical (unpaired) electrons. The molecule has 1 aliphatic carbocycles. The summed E-state index contributed by atoms with van der Waals surface area (Å²) >= 11 is 0. The van der Waals surface area contributed by atoms with Crippen molar-refractivity contribution in [2.75, 3.05) is 7.05 Å². The van der Waals surface area contributed by atoms with Crippen molar-refractivity contribution < 1.29 is 27.9 Å². The highest BCUT2D eigenvalue weighted by Gasteiger charge is 2.70. The average Bonchev–Trinajstić information content (AvgIpc) is 2.81. The van der Waals surface area contributed by atoms with E-state index in [1.807, 2.05) is 6.92 Å². The van der Waals surface area contributed by atoms with Crippen LogP contribution in [0.15, 0.2) is 29.2 Å². The van der Waals surface area contributed by atoms with Crippen LogP contribution in [0.5, 0.6) is 0 Å². The molecule has 5 rings (SSSR count). The predicted octanol–water partition coefficient (Wildman–Crippen LogP) is 0.0433. The molecule has 0 aromatic heterocycles. The van der Waals surface area contributed by atoms with E-state index in [1.54, 1.807) is 26.0 Å². The summed E-state index contributed by atoms with van der Waals surface area (Å²) in [4.78, 5) is 39.0. The molecular formula is C19H20N2O6S. The minimum atomic E-state index is -4.36. The zero-order valence-corrected chi connectivity index (χ0v) is 16.6. The average molecular weight is 404 g/mol. The lowest BCUT2D eigenvalue weighted by Crippen LogP contribution is -2.69. The first-order valence-corrected chi connectivity index (χ1v) is 10.3. The first kappa shape index (κ1) is 18.8. The van der Waals surface area contributed by atoms with Crippen molar-refractivity contribution in [3.8, 4) is 0 Å². The zero-order chi connectivity index (χ0) is 20.8. The Kier molecular flexibility index (Phi) is 3.71. The van der Waals surface area contributed by atoms with Gasteiger partial charge in [0.1, 0.15) is 0 Å². The van der Waals surface area contributed by atoms with Gasteiger partial charge >= 0.3 is 0 Å². The number of sulfonamides is 1. The SMILES string of the molecule is Cc1cc(C)c(S(=O)(=O)N2C(=O)[C@@]3(O)C=C[C@@H]2[C@@H]2C(=O)N(C)C(=O)[C@@H]23)c(C)c1. The quantitative estimate of drug-likeness (QED) is 0.550. The molecule has 1 N–H and O–H groups in total. The van der Waals surface area contributed by atoms with Gasteiger partial charge in [0.2, 0.25) is 11.8 Å². The number of aryl methyl sites for hydroxylation is 3. The van der Waals surface area contributed by atoms with Gasteiger partial charge in [-0.2, -0.15) is 0 Å². The second-order valence-electron chi connectivity index (χ2n) is 7.75. The van der Waals surface area contributed by atoms with E-state index >= 15 is 0 Å². The molecule has 28 heavy (non-hydrogen) atoms.